The largest absolute Gasteiger partial charge is 0.345 e. The first-order valence-corrected chi connectivity index (χ1v) is 5.56. The molecule has 0 unspecified atom stereocenters. The molecule has 2 aromatic rings. The van der Waals surface area contributed by atoms with Crippen LogP contribution in [0.4, 0.5) is 20.7 Å². The highest BCUT2D eigenvalue weighted by atomic mass is 32.1. The highest BCUT2D eigenvalue weighted by molar-refractivity contribution is 7.18. The average Bonchev–Trinajstić information content (AvgIpc) is 2.78. The third-order valence-electron chi connectivity index (χ3n) is 1.80. The minimum Gasteiger partial charge on any atom is -0.292 e. The van der Waals surface area contributed by atoms with Gasteiger partial charge in [0.1, 0.15) is 12.0 Å². The molecule has 8 nitrogen and oxygen atoms in total. The summed E-state index contributed by atoms with van der Waals surface area (Å²) in [6.07, 6.45) is 2.62. The van der Waals surface area contributed by atoms with E-state index in [9.17, 15) is 14.9 Å². The smallest absolute Gasteiger partial charge is 0.292 e. The minimum atomic E-state index is -0.570. The van der Waals surface area contributed by atoms with Gasteiger partial charge in [-0.3, -0.25) is 20.7 Å². The first-order valence-electron chi connectivity index (χ1n) is 4.74. The van der Waals surface area contributed by atoms with Crippen LogP contribution < -0.4 is 10.6 Å². The average molecular weight is 265 g/mol. The van der Waals surface area contributed by atoms with E-state index in [1.807, 2.05) is 0 Å². The van der Waals surface area contributed by atoms with Crippen molar-refractivity contribution in [3.63, 3.8) is 0 Å². The molecule has 0 atom stereocenters. The van der Waals surface area contributed by atoms with Crippen molar-refractivity contribution in [2.24, 2.45) is 0 Å². The number of amides is 2. The van der Waals surface area contributed by atoms with Crippen LogP contribution in [0.1, 0.15) is 0 Å². The van der Waals surface area contributed by atoms with E-state index in [4.69, 9.17) is 0 Å². The number of anilines is 2. The lowest BCUT2D eigenvalue weighted by molar-refractivity contribution is -0.380. The van der Waals surface area contributed by atoms with E-state index < -0.39 is 11.0 Å². The normalized spacial score (nSPS) is 9.78. The Balaban J connectivity index is 1.97. The number of hydrogen-bond donors (Lipinski definition) is 2. The number of carbonyl (C=O) groups is 1. The number of hydrogen-bond acceptors (Lipinski definition) is 6. The summed E-state index contributed by atoms with van der Waals surface area (Å²) in [5.41, 5.74) is 0. The van der Waals surface area contributed by atoms with Crippen LogP contribution in [0.25, 0.3) is 0 Å². The highest BCUT2D eigenvalue weighted by Crippen LogP contribution is 2.24. The van der Waals surface area contributed by atoms with E-state index >= 15 is 0 Å². The molecule has 0 aliphatic heterocycles. The molecule has 92 valence electrons. The standard InChI is InChI=1S/C9H7N5O3S/c15-8(12-6-3-1-2-4-10-6)13-9-11-5-7(18-9)14(16)17/h1-5H,(H2,10,11,12,13,15). The topological polar surface area (TPSA) is 110 Å². The molecule has 0 aromatic carbocycles. The summed E-state index contributed by atoms with van der Waals surface area (Å²) in [5.74, 6) is 0.376. The molecule has 0 saturated heterocycles. The zero-order chi connectivity index (χ0) is 13.0. The highest BCUT2D eigenvalue weighted by Gasteiger charge is 2.13. The van der Waals surface area contributed by atoms with E-state index in [0.717, 1.165) is 17.5 Å². The van der Waals surface area contributed by atoms with Gasteiger partial charge in [0.2, 0.25) is 0 Å². The van der Waals surface area contributed by atoms with Crippen LogP contribution in [-0.4, -0.2) is 20.9 Å². The molecule has 0 radical (unpaired) electrons. The molecule has 2 N–H and O–H groups in total. The monoisotopic (exact) mass is 265 g/mol. The number of urea groups is 1. The van der Waals surface area contributed by atoms with Gasteiger partial charge in [0.05, 0.1) is 4.92 Å². The van der Waals surface area contributed by atoms with Crippen LogP contribution >= 0.6 is 11.3 Å². The summed E-state index contributed by atoms with van der Waals surface area (Å²) in [6, 6.07) is 4.49. The van der Waals surface area contributed by atoms with Gasteiger partial charge in [-0.25, -0.2) is 14.8 Å². The van der Waals surface area contributed by atoms with E-state index in [1.54, 1.807) is 18.2 Å². The fraction of sp³-hybridized carbons (Fsp3) is 0. The van der Waals surface area contributed by atoms with Crippen molar-refractivity contribution in [3.05, 3.63) is 40.7 Å². The van der Waals surface area contributed by atoms with Crippen LogP contribution in [0.3, 0.4) is 0 Å². The Morgan fingerprint density at radius 3 is 2.78 bits per heavy atom. The van der Waals surface area contributed by atoms with Crippen molar-refractivity contribution in [1.29, 1.82) is 0 Å². The molecule has 0 saturated carbocycles. The predicted molar refractivity (Wildman–Crippen MR) is 65.6 cm³/mol. The second kappa shape index (κ2) is 5.19. The number of nitrogens with zero attached hydrogens (tertiary/aromatic N) is 3. The molecule has 18 heavy (non-hydrogen) atoms. The van der Waals surface area contributed by atoms with Crippen LogP contribution in [0.5, 0.6) is 0 Å². The molecular formula is C9H7N5O3S. The molecule has 2 rings (SSSR count). The maximum absolute atomic E-state index is 11.5. The van der Waals surface area contributed by atoms with E-state index in [2.05, 4.69) is 20.6 Å². The van der Waals surface area contributed by atoms with Gasteiger partial charge in [0.25, 0.3) is 0 Å². The SMILES string of the molecule is O=C(Nc1ccccn1)Nc1ncc([N+](=O)[O-])s1. The molecule has 9 heteroatoms. The Morgan fingerprint density at radius 1 is 1.33 bits per heavy atom. The molecular weight excluding hydrogens is 258 g/mol. The Bertz CT molecular complexity index is 571. The molecule has 0 aliphatic carbocycles. The lowest BCUT2D eigenvalue weighted by Gasteiger charge is -2.03. The van der Waals surface area contributed by atoms with Crippen LogP contribution in [-0.2, 0) is 0 Å². The second-order valence-corrected chi connectivity index (χ2v) is 4.06. The number of carbonyl (C=O) groups excluding carboxylic acids is 1. The number of rotatable bonds is 3. The number of pyridine rings is 1. The van der Waals surface area contributed by atoms with Gasteiger partial charge in [0.15, 0.2) is 5.13 Å². The number of nitrogens with one attached hydrogen (secondary N) is 2. The van der Waals surface area contributed by atoms with Crippen molar-refractivity contribution in [2.45, 2.75) is 0 Å². The van der Waals surface area contributed by atoms with Gasteiger partial charge in [-0.1, -0.05) is 6.07 Å². The molecule has 2 heterocycles. The van der Waals surface area contributed by atoms with Crippen molar-refractivity contribution < 1.29 is 9.72 Å². The summed E-state index contributed by atoms with van der Waals surface area (Å²) >= 11 is 0.777. The van der Waals surface area contributed by atoms with Crippen molar-refractivity contribution in [1.82, 2.24) is 9.97 Å². The molecule has 2 aromatic heterocycles. The Labute approximate surface area is 105 Å². The summed E-state index contributed by atoms with van der Waals surface area (Å²) in [6.45, 7) is 0. The van der Waals surface area contributed by atoms with E-state index in [-0.39, 0.29) is 10.1 Å². The fourth-order valence-corrected chi connectivity index (χ4v) is 1.72. The number of nitro groups is 1. The van der Waals surface area contributed by atoms with E-state index in [1.165, 1.54) is 6.20 Å². The van der Waals surface area contributed by atoms with Gasteiger partial charge in [-0.15, -0.1) is 0 Å². The maximum Gasteiger partial charge on any atom is 0.345 e. The van der Waals surface area contributed by atoms with E-state index in [0.29, 0.717) is 5.82 Å². The Kier molecular flexibility index (Phi) is 3.44. The van der Waals surface area contributed by atoms with Crippen LogP contribution in [0.2, 0.25) is 0 Å². The first-order chi connectivity index (χ1) is 8.65. The molecule has 2 amide bonds. The summed E-state index contributed by atoms with van der Waals surface area (Å²) in [4.78, 5) is 29.0. The fourth-order valence-electron chi connectivity index (χ4n) is 1.09. The molecule has 0 bridgehead atoms. The Morgan fingerprint density at radius 2 is 2.17 bits per heavy atom. The summed E-state index contributed by atoms with van der Waals surface area (Å²) in [7, 11) is 0. The first kappa shape index (κ1) is 11.9. The summed E-state index contributed by atoms with van der Waals surface area (Å²) < 4.78 is 0. The number of aromatic nitrogens is 2. The van der Waals surface area contributed by atoms with Gasteiger partial charge in [-0.2, -0.15) is 0 Å². The lowest BCUT2D eigenvalue weighted by atomic mass is 10.5. The number of thiazole rings is 1. The third-order valence-corrected chi connectivity index (χ3v) is 2.66. The second-order valence-electron chi connectivity index (χ2n) is 3.05. The van der Waals surface area contributed by atoms with Crippen molar-refractivity contribution in [2.75, 3.05) is 10.6 Å². The van der Waals surface area contributed by atoms with Gasteiger partial charge in [-0.05, 0) is 23.5 Å². The molecule has 0 spiro atoms. The molecule has 0 fully saturated rings. The van der Waals surface area contributed by atoms with Crippen molar-refractivity contribution in [3.8, 4) is 0 Å². The van der Waals surface area contributed by atoms with Gasteiger partial charge < -0.3 is 0 Å². The van der Waals surface area contributed by atoms with Gasteiger partial charge >= 0.3 is 11.0 Å². The Hall–Kier alpha value is -2.55. The zero-order valence-corrected chi connectivity index (χ0v) is 9.68. The quantitative estimate of drug-likeness (QED) is 0.652. The van der Waals surface area contributed by atoms with Crippen LogP contribution in [0.15, 0.2) is 30.6 Å². The lowest BCUT2D eigenvalue weighted by Crippen LogP contribution is -2.19. The summed E-state index contributed by atoms with van der Waals surface area (Å²) in [5, 5.41) is 15.3. The minimum absolute atomic E-state index is 0.136. The zero-order valence-electron chi connectivity index (χ0n) is 8.86. The third kappa shape index (κ3) is 2.98. The maximum atomic E-state index is 11.5. The molecule has 0 aliphatic rings. The van der Waals surface area contributed by atoms with Gasteiger partial charge in [0, 0.05) is 6.20 Å². The van der Waals surface area contributed by atoms with Crippen LogP contribution in [0, 0.1) is 10.1 Å². The predicted octanol–water partition coefficient (Wildman–Crippen LogP) is 2.09. The van der Waals surface area contributed by atoms with Crippen molar-refractivity contribution >= 4 is 33.3 Å².